The lowest BCUT2D eigenvalue weighted by Gasteiger charge is -2.07. The number of aliphatic hydroxyl groups is 1. The zero-order valence-corrected chi connectivity index (χ0v) is 9.48. The van der Waals surface area contributed by atoms with Gasteiger partial charge in [0.25, 0.3) is 0 Å². The molecule has 5 nitrogen and oxygen atoms in total. The maximum atomic E-state index is 12.0. The molecular formula is C12H12O5. The highest BCUT2D eigenvalue weighted by Crippen LogP contribution is 2.29. The molecule has 2 N–H and O–H groups in total. The van der Waals surface area contributed by atoms with Gasteiger partial charge in [-0.05, 0) is 6.92 Å². The number of ether oxygens (including phenoxy) is 1. The number of aromatic hydroxyl groups is 1. The molecule has 17 heavy (non-hydrogen) atoms. The second-order valence-corrected chi connectivity index (χ2v) is 3.66. The van der Waals surface area contributed by atoms with E-state index < -0.39 is 0 Å². The van der Waals surface area contributed by atoms with Gasteiger partial charge in [-0.15, -0.1) is 0 Å². The number of methoxy groups -OCH3 is 1. The van der Waals surface area contributed by atoms with Crippen LogP contribution in [0.2, 0.25) is 0 Å². The SMILES string of the molecule is COc1cc(O)c2c(=O)c(C)c(CO)oc2c1. The number of phenolic OH excluding ortho intramolecular Hbond substituents is 1. The van der Waals surface area contributed by atoms with E-state index in [1.165, 1.54) is 19.2 Å². The van der Waals surface area contributed by atoms with Gasteiger partial charge in [-0.3, -0.25) is 4.79 Å². The first-order chi connectivity index (χ1) is 8.08. The summed E-state index contributed by atoms with van der Waals surface area (Å²) < 4.78 is 10.3. The molecule has 2 aromatic rings. The number of fused-ring (bicyclic) bond motifs is 1. The first kappa shape index (κ1) is 11.5. The molecule has 1 heterocycles. The molecule has 0 saturated carbocycles. The smallest absolute Gasteiger partial charge is 0.199 e. The van der Waals surface area contributed by atoms with Gasteiger partial charge in [0.05, 0.1) is 7.11 Å². The van der Waals surface area contributed by atoms with Gasteiger partial charge >= 0.3 is 0 Å². The van der Waals surface area contributed by atoms with E-state index in [4.69, 9.17) is 14.3 Å². The molecule has 90 valence electrons. The van der Waals surface area contributed by atoms with Crippen LogP contribution in [-0.2, 0) is 6.61 Å². The van der Waals surface area contributed by atoms with Gasteiger partial charge < -0.3 is 19.4 Å². The zero-order valence-electron chi connectivity index (χ0n) is 9.48. The third-order valence-corrected chi connectivity index (χ3v) is 2.65. The quantitative estimate of drug-likeness (QED) is 0.821. The number of rotatable bonds is 2. The number of hydrogen-bond donors (Lipinski definition) is 2. The lowest BCUT2D eigenvalue weighted by atomic mass is 10.1. The van der Waals surface area contributed by atoms with E-state index in [9.17, 15) is 9.90 Å². The second-order valence-electron chi connectivity index (χ2n) is 3.66. The van der Waals surface area contributed by atoms with Crippen LogP contribution in [-0.4, -0.2) is 17.3 Å². The molecule has 2 rings (SSSR count). The number of phenols is 1. The molecule has 0 aliphatic heterocycles. The summed E-state index contributed by atoms with van der Waals surface area (Å²) in [5.74, 6) is 0.377. The van der Waals surface area contributed by atoms with Gasteiger partial charge in [0.2, 0.25) is 0 Å². The van der Waals surface area contributed by atoms with Crippen LogP contribution in [0, 0.1) is 6.92 Å². The summed E-state index contributed by atoms with van der Waals surface area (Å²) in [7, 11) is 1.44. The van der Waals surface area contributed by atoms with Crippen molar-refractivity contribution in [3.05, 3.63) is 33.7 Å². The highest BCUT2D eigenvalue weighted by molar-refractivity contribution is 5.85. The Morgan fingerprint density at radius 2 is 2.12 bits per heavy atom. The highest BCUT2D eigenvalue weighted by Gasteiger charge is 2.14. The van der Waals surface area contributed by atoms with Crippen molar-refractivity contribution in [3.63, 3.8) is 0 Å². The summed E-state index contributed by atoms with van der Waals surface area (Å²) in [6.07, 6.45) is 0. The Balaban J connectivity index is 2.91. The van der Waals surface area contributed by atoms with Crippen LogP contribution in [0.3, 0.4) is 0 Å². The van der Waals surface area contributed by atoms with Crippen LogP contribution >= 0.6 is 0 Å². The molecule has 0 aliphatic carbocycles. The number of benzene rings is 1. The Kier molecular flexibility index (Phi) is 2.77. The van der Waals surface area contributed by atoms with Crippen molar-refractivity contribution in [3.8, 4) is 11.5 Å². The minimum Gasteiger partial charge on any atom is -0.507 e. The lowest BCUT2D eigenvalue weighted by molar-refractivity contribution is 0.247. The Morgan fingerprint density at radius 3 is 2.71 bits per heavy atom. The molecular weight excluding hydrogens is 224 g/mol. The van der Waals surface area contributed by atoms with Gasteiger partial charge in [-0.1, -0.05) is 0 Å². The van der Waals surface area contributed by atoms with Crippen LogP contribution in [0.4, 0.5) is 0 Å². The molecule has 0 fully saturated rings. The lowest BCUT2D eigenvalue weighted by Crippen LogP contribution is -2.09. The maximum absolute atomic E-state index is 12.0. The number of hydrogen-bond acceptors (Lipinski definition) is 5. The summed E-state index contributed by atoms with van der Waals surface area (Å²) in [4.78, 5) is 12.0. The van der Waals surface area contributed by atoms with E-state index >= 15 is 0 Å². The van der Waals surface area contributed by atoms with Crippen LogP contribution in [0.1, 0.15) is 11.3 Å². The third-order valence-electron chi connectivity index (χ3n) is 2.65. The molecule has 0 spiro atoms. The normalized spacial score (nSPS) is 10.8. The van der Waals surface area contributed by atoms with Gasteiger partial charge in [-0.25, -0.2) is 0 Å². The Hall–Kier alpha value is -2.01. The fourth-order valence-corrected chi connectivity index (χ4v) is 1.68. The molecule has 0 saturated heterocycles. The molecule has 0 radical (unpaired) electrons. The van der Waals surface area contributed by atoms with Crippen LogP contribution < -0.4 is 10.2 Å². The Labute approximate surface area is 96.9 Å². The van der Waals surface area contributed by atoms with Gasteiger partial charge in [0, 0.05) is 17.7 Å². The van der Waals surface area contributed by atoms with Crippen molar-refractivity contribution in [2.75, 3.05) is 7.11 Å². The molecule has 0 aliphatic rings. The van der Waals surface area contributed by atoms with Gasteiger partial charge in [0.15, 0.2) is 5.43 Å². The predicted octanol–water partition coefficient (Wildman–Crippen LogP) is 1.31. The van der Waals surface area contributed by atoms with Crippen molar-refractivity contribution < 1.29 is 19.4 Å². The van der Waals surface area contributed by atoms with E-state index in [2.05, 4.69) is 0 Å². The molecule has 5 heteroatoms. The summed E-state index contributed by atoms with van der Waals surface area (Å²) in [6.45, 7) is 1.18. The first-order valence-electron chi connectivity index (χ1n) is 5.02. The van der Waals surface area contributed by atoms with Crippen molar-refractivity contribution in [2.45, 2.75) is 13.5 Å². The Bertz CT molecular complexity index is 627. The molecule has 0 bridgehead atoms. The second kappa shape index (κ2) is 4.10. The maximum Gasteiger partial charge on any atom is 0.199 e. The fourth-order valence-electron chi connectivity index (χ4n) is 1.68. The van der Waals surface area contributed by atoms with E-state index in [1.54, 1.807) is 6.92 Å². The number of aliphatic hydroxyl groups excluding tert-OH is 1. The van der Waals surface area contributed by atoms with E-state index in [-0.39, 0.29) is 34.5 Å². The average molecular weight is 236 g/mol. The zero-order chi connectivity index (χ0) is 12.6. The van der Waals surface area contributed by atoms with Crippen LogP contribution in [0.15, 0.2) is 21.3 Å². The van der Waals surface area contributed by atoms with Gasteiger partial charge in [0.1, 0.15) is 34.8 Å². The fraction of sp³-hybridized carbons (Fsp3) is 0.250. The summed E-state index contributed by atoms with van der Waals surface area (Å²) >= 11 is 0. The van der Waals surface area contributed by atoms with Gasteiger partial charge in [-0.2, -0.15) is 0 Å². The summed E-state index contributed by atoms with van der Waals surface area (Å²) in [5.41, 5.74) is 0.136. The largest absolute Gasteiger partial charge is 0.507 e. The molecule has 0 unspecified atom stereocenters. The minimum atomic E-state index is -0.366. The average Bonchev–Trinajstić information content (AvgIpc) is 2.32. The predicted molar refractivity (Wildman–Crippen MR) is 61.4 cm³/mol. The van der Waals surface area contributed by atoms with Crippen molar-refractivity contribution in [1.82, 2.24) is 0 Å². The molecule has 1 aromatic carbocycles. The van der Waals surface area contributed by atoms with Crippen molar-refractivity contribution in [1.29, 1.82) is 0 Å². The Morgan fingerprint density at radius 1 is 1.41 bits per heavy atom. The van der Waals surface area contributed by atoms with Crippen LogP contribution in [0.5, 0.6) is 11.5 Å². The molecule has 0 amide bonds. The minimum absolute atomic E-state index is 0.0977. The standard InChI is InChI=1S/C12H12O5/c1-6-10(5-13)17-9-4-7(16-2)3-8(14)11(9)12(6)15/h3-4,13-14H,5H2,1-2H3. The monoisotopic (exact) mass is 236 g/mol. The molecule has 1 aromatic heterocycles. The van der Waals surface area contributed by atoms with Crippen molar-refractivity contribution >= 4 is 11.0 Å². The van der Waals surface area contributed by atoms with Crippen molar-refractivity contribution in [2.24, 2.45) is 0 Å². The highest BCUT2D eigenvalue weighted by atomic mass is 16.5. The summed E-state index contributed by atoms with van der Waals surface area (Å²) in [5, 5.41) is 18.9. The van der Waals surface area contributed by atoms with E-state index in [0.717, 1.165) is 0 Å². The summed E-state index contributed by atoms with van der Waals surface area (Å²) in [6, 6.07) is 2.84. The molecule has 0 atom stereocenters. The van der Waals surface area contributed by atoms with E-state index in [0.29, 0.717) is 11.3 Å². The van der Waals surface area contributed by atoms with E-state index in [1.807, 2.05) is 0 Å². The first-order valence-corrected chi connectivity index (χ1v) is 5.02. The topological polar surface area (TPSA) is 79.9 Å². The van der Waals surface area contributed by atoms with Crippen LogP contribution in [0.25, 0.3) is 11.0 Å². The third kappa shape index (κ3) is 1.74.